The molecule has 0 aromatic carbocycles. The van der Waals surface area contributed by atoms with E-state index in [4.69, 9.17) is 6.42 Å². The molecule has 0 unspecified atom stereocenters. The Morgan fingerprint density at radius 1 is 1.31 bits per heavy atom. The SMILES string of the molecule is C#C[C@@H](CCC(=C)C)[C@H](C)CCC=C(C)C. The predicted molar refractivity (Wildman–Crippen MR) is 74.2 cm³/mol. The molecule has 0 aromatic rings. The second-order valence-electron chi connectivity index (χ2n) is 5.11. The van der Waals surface area contributed by atoms with Crippen molar-refractivity contribution in [1.82, 2.24) is 0 Å². The van der Waals surface area contributed by atoms with Crippen molar-refractivity contribution in [3.63, 3.8) is 0 Å². The Labute approximate surface area is 102 Å². The number of allylic oxidation sites excluding steroid dienone is 3. The van der Waals surface area contributed by atoms with Gasteiger partial charge in [0.15, 0.2) is 0 Å². The Morgan fingerprint density at radius 3 is 2.38 bits per heavy atom. The number of hydrogen-bond donors (Lipinski definition) is 0. The summed E-state index contributed by atoms with van der Waals surface area (Å²) in [5.41, 5.74) is 2.63. The molecule has 0 aliphatic heterocycles. The molecule has 90 valence electrons. The average molecular weight is 218 g/mol. The highest BCUT2D eigenvalue weighted by molar-refractivity contribution is 5.00. The van der Waals surface area contributed by atoms with Crippen molar-refractivity contribution in [1.29, 1.82) is 0 Å². The van der Waals surface area contributed by atoms with Crippen molar-refractivity contribution in [2.45, 2.75) is 53.4 Å². The Kier molecular flexibility index (Phi) is 7.73. The fourth-order valence-corrected chi connectivity index (χ4v) is 1.77. The molecular weight excluding hydrogens is 192 g/mol. The highest BCUT2D eigenvalue weighted by Gasteiger charge is 2.13. The molecule has 0 N–H and O–H groups in total. The summed E-state index contributed by atoms with van der Waals surface area (Å²) in [6.45, 7) is 12.6. The molecule has 0 amide bonds. The van der Waals surface area contributed by atoms with Gasteiger partial charge in [-0.1, -0.05) is 24.1 Å². The van der Waals surface area contributed by atoms with E-state index in [9.17, 15) is 0 Å². The third-order valence-electron chi connectivity index (χ3n) is 2.96. The summed E-state index contributed by atoms with van der Waals surface area (Å²) >= 11 is 0. The van der Waals surface area contributed by atoms with Gasteiger partial charge in [-0.25, -0.2) is 0 Å². The highest BCUT2D eigenvalue weighted by atomic mass is 14.2. The van der Waals surface area contributed by atoms with E-state index >= 15 is 0 Å². The first kappa shape index (κ1) is 15.0. The standard InChI is InChI=1S/C16H26/c1-7-16(12-11-14(4)5)15(6)10-8-9-13(2)3/h1,9,15-16H,4,8,10-12H2,2-3,5-6H3/t15-,16+/m1/s1. The summed E-state index contributed by atoms with van der Waals surface area (Å²) in [5.74, 6) is 3.95. The van der Waals surface area contributed by atoms with Gasteiger partial charge in [0.1, 0.15) is 0 Å². The number of terminal acetylenes is 1. The lowest BCUT2D eigenvalue weighted by Gasteiger charge is -2.18. The molecule has 0 heteroatoms. The number of rotatable bonds is 7. The lowest BCUT2D eigenvalue weighted by Crippen LogP contribution is -2.09. The minimum Gasteiger partial charge on any atom is -0.120 e. The van der Waals surface area contributed by atoms with Gasteiger partial charge >= 0.3 is 0 Å². The molecule has 0 aliphatic carbocycles. The van der Waals surface area contributed by atoms with Gasteiger partial charge in [-0.2, -0.15) is 0 Å². The van der Waals surface area contributed by atoms with E-state index in [-0.39, 0.29) is 0 Å². The summed E-state index contributed by atoms with van der Waals surface area (Å²) in [4.78, 5) is 0. The van der Waals surface area contributed by atoms with E-state index < -0.39 is 0 Å². The molecule has 0 nitrogen and oxygen atoms in total. The van der Waals surface area contributed by atoms with Crippen LogP contribution in [0.3, 0.4) is 0 Å². The highest BCUT2D eigenvalue weighted by Crippen LogP contribution is 2.23. The van der Waals surface area contributed by atoms with E-state index in [2.05, 4.69) is 46.3 Å². The molecule has 0 bridgehead atoms. The second kappa shape index (κ2) is 8.22. The van der Waals surface area contributed by atoms with Crippen LogP contribution in [0.2, 0.25) is 0 Å². The van der Waals surface area contributed by atoms with Crippen molar-refractivity contribution >= 4 is 0 Å². The molecule has 0 fully saturated rings. The van der Waals surface area contributed by atoms with Crippen LogP contribution in [0.1, 0.15) is 53.4 Å². The largest absolute Gasteiger partial charge is 0.120 e. The van der Waals surface area contributed by atoms with E-state index in [1.807, 2.05) is 0 Å². The quantitative estimate of drug-likeness (QED) is 0.418. The molecule has 0 aromatic heterocycles. The monoisotopic (exact) mass is 218 g/mol. The van der Waals surface area contributed by atoms with Crippen molar-refractivity contribution in [2.24, 2.45) is 11.8 Å². The van der Waals surface area contributed by atoms with Crippen LogP contribution in [0.4, 0.5) is 0 Å². The first-order valence-corrected chi connectivity index (χ1v) is 6.21. The van der Waals surface area contributed by atoms with Crippen LogP contribution in [0, 0.1) is 24.2 Å². The molecule has 0 aliphatic rings. The molecule has 0 rings (SSSR count). The maximum Gasteiger partial charge on any atom is 0.0229 e. The summed E-state index contributed by atoms with van der Waals surface area (Å²) in [5, 5.41) is 0. The van der Waals surface area contributed by atoms with Crippen LogP contribution in [-0.2, 0) is 0 Å². The third-order valence-corrected chi connectivity index (χ3v) is 2.96. The Bertz CT molecular complexity index is 271. The zero-order valence-corrected chi connectivity index (χ0v) is 11.3. The normalized spacial score (nSPS) is 13.7. The van der Waals surface area contributed by atoms with Crippen molar-refractivity contribution < 1.29 is 0 Å². The first-order chi connectivity index (χ1) is 7.47. The Morgan fingerprint density at radius 2 is 1.94 bits per heavy atom. The summed E-state index contributed by atoms with van der Waals surface area (Å²) in [6.07, 6.45) is 12.4. The Balaban J connectivity index is 4.01. The first-order valence-electron chi connectivity index (χ1n) is 6.21. The molecule has 0 heterocycles. The summed E-state index contributed by atoms with van der Waals surface area (Å²) < 4.78 is 0. The van der Waals surface area contributed by atoms with Gasteiger partial charge in [-0.05, 0) is 52.4 Å². The molecule has 0 spiro atoms. The van der Waals surface area contributed by atoms with Gasteiger partial charge in [0.05, 0.1) is 0 Å². The fraction of sp³-hybridized carbons (Fsp3) is 0.625. The van der Waals surface area contributed by atoms with Crippen LogP contribution in [-0.4, -0.2) is 0 Å². The van der Waals surface area contributed by atoms with E-state index in [0.717, 1.165) is 19.3 Å². The molecular formula is C16H26. The van der Waals surface area contributed by atoms with Gasteiger partial charge in [0, 0.05) is 5.92 Å². The topological polar surface area (TPSA) is 0 Å². The van der Waals surface area contributed by atoms with Crippen LogP contribution in [0.5, 0.6) is 0 Å². The fourth-order valence-electron chi connectivity index (χ4n) is 1.77. The van der Waals surface area contributed by atoms with Gasteiger partial charge in [-0.15, -0.1) is 18.9 Å². The maximum absolute atomic E-state index is 5.60. The predicted octanol–water partition coefficient (Wildman–Crippen LogP) is 4.97. The summed E-state index contributed by atoms with van der Waals surface area (Å²) in [7, 11) is 0. The number of hydrogen-bond acceptors (Lipinski definition) is 0. The zero-order chi connectivity index (χ0) is 12.6. The Hall–Kier alpha value is -0.960. The lowest BCUT2D eigenvalue weighted by atomic mass is 9.86. The van der Waals surface area contributed by atoms with Gasteiger partial charge in [0.2, 0.25) is 0 Å². The van der Waals surface area contributed by atoms with Gasteiger partial charge < -0.3 is 0 Å². The molecule has 16 heavy (non-hydrogen) atoms. The van der Waals surface area contributed by atoms with E-state index in [1.54, 1.807) is 0 Å². The van der Waals surface area contributed by atoms with E-state index in [1.165, 1.54) is 17.6 Å². The minimum atomic E-state index is 0.405. The third kappa shape index (κ3) is 7.35. The van der Waals surface area contributed by atoms with Gasteiger partial charge in [-0.3, -0.25) is 0 Å². The second-order valence-corrected chi connectivity index (χ2v) is 5.11. The van der Waals surface area contributed by atoms with Gasteiger partial charge in [0.25, 0.3) is 0 Å². The van der Waals surface area contributed by atoms with Crippen molar-refractivity contribution in [3.05, 3.63) is 23.8 Å². The summed E-state index contributed by atoms with van der Waals surface area (Å²) in [6, 6.07) is 0. The van der Waals surface area contributed by atoms with Crippen LogP contribution >= 0.6 is 0 Å². The molecule has 2 atom stereocenters. The molecule has 0 saturated carbocycles. The van der Waals surface area contributed by atoms with Crippen molar-refractivity contribution in [2.75, 3.05) is 0 Å². The average Bonchev–Trinajstić information content (AvgIpc) is 2.17. The van der Waals surface area contributed by atoms with Crippen LogP contribution < -0.4 is 0 Å². The minimum absolute atomic E-state index is 0.405. The van der Waals surface area contributed by atoms with Crippen LogP contribution in [0.25, 0.3) is 0 Å². The van der Waals surface area contributed by atoms with E-state index in [0.29, 0.717) is 11.8 Å². The smallest absolute Gasteiger partial charge is 0.0229 e. The van der Waals surface area contributed by atoms with Crippen molar-refractivity contribution in [3.8, 4) is 12.3 Å². The van der Waals surface area contributed by atoms with Crippen LogP contribution in [0.15, 0.2) is 23.8 Å². The lowest BCUT2D eigenvalue weighted by molar-refractivity contribution is 0.394. The molecule has 0 saturated heterocycles. The zero-order valence-electron chi connectivity index (χ0n) is 11.3. The molecule has 0 radical (unpaired) electrons. The maximum atomic E-state index is 5.60.